The van der Waals surface area contributed by atoms with Crippen molar-refractivity contribution < 1.29 is 4.79 Å². The first-order valence-electron chi connectivity index (χ1n) is 7.92. The number of nitrogens with zero attached hydrogens (tertiary/aromatic N) is 4. The molecule has 1 aromatic heterocycles. The Bertz CT molecular complexity index is 645. The molecule has 23 heavy (non-hydrogen) atoms. The van der Waals surface area contributed by atoms with Crippen LogP contribution in [-0.2, 0) is 17.9 Å². The number of imidazole rings is 1. The minimum absolute atomic E-state index is 0.0736. The number of hydrogen-bond acceptors (Lipinski definition) is 3. The number of aromatic nitrogens is 2. The summed E-state index contributed by atoms with van der Waals surface area (Å²) in [6.45, 7) is 5.48. The van der Waals surface area contributed by atoms with Gasteiger partial charge in [-0.15, -0.1) is 0 Å². The highest BCUT2D eigenvalue weighted by Crippen LogP contribution is 2.21. The van der Waals surface area contributed by atoms with Gasteiger partial charge in [0.15, 0.2) is 0 Å². The lowest BCUT2D eigenvalue weighted by Gasteiger charge is -2.28. The molecule has 1 atom stereocenters. The third-order valence-corrected chi connectivity index (χ3v) is 4.04. The van der Waals surface area contributed by atoms with Crippen molar-refractivity contribution in [2.45, 2.75) is 33.0 Å². The van der Waals surface area contributed by atoms with Crippen molar-refractivity contribution in [3.63, 3.8) is 0 Å². The van der Waals surface area contributed by atoms with E-state index in [0.29, 0.717) is 6.54 Å². The monoisotopic (exact) mass is 314 g/mol. The molecule has 1 aromatic carbocycles. The standard InChI is InChI=1S/C18H26N4O/c1-6-22-12-11-19-16(22)13-21(5)18(23)17(20(3)4)15-9-7-14(2)8-10-15/h7-12,17H,6,13H2,1-5H3/t17-/m1/s1. The van der Waals surface area contributed by atoms with Gasteiger partial charge in [0.25, 0.3) is 0 Å². The lowest BCUT2D eigenvalue weighted by atomic mass is 10.0. The fourth-order valence-corrected chi connectivity index (χ4v) is 2.69. The molecule has 5 heteroatoms. The molecule has 124 valence electrons. The summed E-state index contributed by atoms with van der Waals surface area (Å²) in [5.74, 6) is 0.981. The highest BCUT2D eigenvalue weighted by Gasteiger charge is 2.26. The summed E-state index contributed by atoms with van der Waals surface area (Å²) in [5, 5.41) is 0. The molecule has 2 aromatic rings. The third kappa shape index (κ3) is 3.99. The molecule has 0 N–H and O–H groups in total. The number of likely N-dealkylation sites (N-methyl/N-ethyl adjacent to an activating group) is 2. The zero-order chi connectivity index (χ0) is 17.0. The van der Waals surface area contributed by atoms with Crippen molar-refractivity contribution in [3.8, 4) is 0 Å². The molecule has 0 bridgehead atoms. The van der Waals surface area contributed by atoms with Crippen LogP contribution in [0.15, 0.2) is 36.7 Å². The molecule has 1 heterocycles. The number of aryl methyl sites for hydroxylation is 2. The van der Waals surface area contributed by atoms with Crippen molar-refractivity contribution in [2.75, 3.05) is 21.1 Å². The number of benzene rings is 1. The fraction of sp³-hybridized carbons (Fsp3) is 0.444. The molecular formula is C18H26N4O. The Labute approximate surface area is 138 Å². The molecule has 0 saturated heterocycles. The van der Waals surface area contributed by atoms with Gasteiger partial charge in [-0.3, -0.25) is 9.69 Å². The Balaban J connectivity index is 2.18. The molecule has 5 nitrogen and oxygen atoms in total. The summed E-state index contributed by atoms with van der Waals surface area (Å²) in [4.78, 5) is 21.0. The lowest BCUT2D eigenvalue weighted by Crippen LogP contribution is -2.38. The van der Waals surface area contributed by atoms with E-state index in [2.05, 4.69) is 16.5 Å². The second kappa shape index (κ2) is 7.42. The number of rotatable bonds is 6. The van der Waals surface area contributed by atoms with E-state index in [1.54, 1.807) is 11.1 Å². The number of carbonyl (C=O) groups excluding carboxylic acids is 1. The first-order chi connectivity index (χ1) is 10.9. The van der Waals surface area contributed by atoms with E-state index >= 15 is 0 Å². The van der Waals surface area contributed by atoms with Gasteiger partial charge in [0.05, 0.1) is 6.54 Å². The number of carbonyl (C=O) groups is 1. The Morgan fingerprint density at radius 3 is 2.43 bits per heavy atom. The molecule has 1 amide bonds. The van der Waals surface area contributed by atoms with Crippen molar-refractivity contribution in [1.29, 1.82) is 0 Å². The highest BCUT2D eigenvalue weighted by atomic mass is 16.2. The average Bonchev–Trinajstić information content (AvgIpc) is 2.96. The molecule has 0 aliphatic carbocycles. The van der Waals surface area contributed by atoms with Crippen LogP contribution in [-0.4, -0.2) is 46.4 Å². The minimum Gasteiger partial charge on any atom is -0.337 e. The van der Waals surface area contributed by atoms with Gasteiger partial charge < -0.3 is 9.47 Å². The highest BCUT2D eigenvalue weighted by molar-refractivity contribution is 5.83. The normalized spacial score (nSPS) is 12.4. The molecule has 0 saturated carbocycles. The van der Waals surface area contributed by atoms with Gasteiger partial charge in [-0.1, -0.05) is 29.8 Å². The Morgan fingerprint density at radius 1 is 1.22 bits per heavy atom. The molecule has 0 unspecified atom stereocenters. The second-order valence-electron chi connectivity index (χ2n) is 6.10. The van der Waals surface area contributed by atoms with Gasteiger partial charge in [0.1, 0.15) is 11.9 Å². The van der Waals surface area contributed by atoms with Gasteiger partial charge in [0, 0.05) is 26.0 Å². The average molecular weight is 314 g/mol. The van der Waals surface area contributed by atoms with Crippen LogP contribution < -0.4 is 0 Å². The molecule has 0 aliphatic heterocycles. The van der Waals surface area contributed by atoms with Crippen LogP contribution in [0.4, 0.5) is 0 Å². The van der Waals surface area contributed by atoms with E-state index in [1.165, 1.54) is 5.56 Å². The molecule has 0 spiro atoms. The van der Waals surface area contributed by atoms with Crippen LogP contribution in [0, 0.1) is 6.92 Å². The first-order valence-corrected chi connectivity index (χ1v) is 7.92. The predicted octanol–water partition coefficient (Wildman–Crippen LogP) is 2.47. The lowest BCUT2D eigenvalue weighted by molar-refractivity contribution is -0.135. The van der Waals surface area contributed by atoms with E-state index in [0.717, 1.165) is 17.9 Å². The van der Waals surface area contributed by atoms with Gasteiger partial charge in [-0.25, -0.2) is 4.98 Å². The van der Waals surface area contributed by atoms with Crippen molar-refractivity contribution in [1.82, 2.24) is 19.4 Å². The summed E-state index contributed by atoms with van der Waals surface area (Å²) in [5.41, 5.74) is 2.20. The topological polar surface area (TPSA) is 41.4 Å². The maximum absolute atomic E-state index is 12.9. The van der Waals surface area contributed by atoms with Gasteiger partial charge in [-0.2, -0.15) is 0 Å². The Morgan fingerprint density at radius 2 is 1.87 bits per heavy atom. The van der Waals surface area contributed by atoms with Gasteiger partial charge in [-0.05, 0) is 33.5 Å². The van der Waals surface area contributed by atoms with Crippen LogP contribution in [0.1, 0.15) is 29.9 Å². The summed E-state index contributed by atoms with van der Waals surface area (Å²) in [6, 6.07) is 7.86. The van der Waals surface area contributed by atoms with Gasteiger partial charge in [0.2, 0.25) is 5.91 Å². The quantitative estimate of drug-likeness (QED) is 0.822. The largest absolute Gasteiger partial charge is 0.337 e. The molecular weight excluding hydrogens is 288 g/mol. The van der Waals surface area contributed by atoms with E-state index in [4.69, 9.17) is 0 Å². The van der Waals surface area contributed by atoms with Crippen molar-refractivity contribution in [3.05, 3.63) is 53.6 Å². The summed E-state index contributed by atoms with van der Waals surface area (Å²) < 4.78 is 2.06. The predicted molar refractivity (Wildman–Crippen MR) is 92.0 cm³/mol. The van der Waals surface area contributed by atoms with Gasteiger partial charge >= 0.3 is 0 Å². The van der Waals surface area contributed by atoms with E-state index in [9.17, 15) is 4.79 Å². The molecule has 2 rings (SSSR count). The van der Waals surface area contributed by atoms with Crippen molar-refractivity contribution >= 4 is 5.91 Å². The third-order valence-electron chi connectivity index (χ3n) is 4.04. The molecule has 0 fully saturated rings. The fourth-order valence-electron chi connectivity index (χ4n) is 2.69. The van der Waals surface area contributed by atoms with E-state index in [1.807, 2.05) is 63.4 Å². The molecule has 0 radical (unpaired) electrons. The van der Waals surface area contributed by atoms with Crippen LogP contribution >= 0.6 is 0 Å². The van der Waals surface area contributed by atoms with Crippen LogP contribution in [0.2, 0.25) is 0 Å². The molecule has 0 aliphatic rings. The second-order valence-corrected chi connectivity index (χ2v) is 6.10. The maximum atomic E-state index is 12.9. The Kier molecular flexibility index (Phi) is 5.55. The van der Waals surface area contributed by atoms with E-state index < -0.39 is 0 Å². The summed E-state index contributed by atoms with van der Waals surface area (Å²) in [7, 11) is 5.70. The van der Waals surface area contributed by atoms with Crippen molar-refractivity contribution in [2.24, 2.45) is 0 Å². The minimum atomic E-state index is -0.286. The summed E-state index contributed by atoms with van der Waals surface area (Å²) in [6.07, 6.45) is 3.72. The summed E-state index contributed by atoms with van der Waals surface area (Å²) >= 11 is 0. The van der Waals surface area contributed by atoms with Crippen LogP contribution in [0.3, 0.4) is 0 Å². The number of amides is 1. The zero-order valence-corrected chi connectivity index (χ0v) is 14.7. The first kappa shape index (κ1) is 17.2. The van der Waals surface area contributed by atoms with Crippen LogP contribution in [0.25, 0.3) is 0 Å². The zero-order valence-electron chi connectivity index (χ0n) is 14.7. The van der Waals surface area contributed by atoms with Crippen LogP contribution in [0.5, 0.6) is 0 Å². The SMILES string of the molecule is CCn1ccnc1CN(C)C(=O)[C@@H](c1ccc(C)cc1)N(C)C. The van der Waals surface area contributed by atoms with E-state index in [-0.39, 0.29) is 11.9 Å². The maximum Gasteiger partial charge on any atom is 0.244 e. The number of hydrogen-bond donors (Lipinski definition) is 0. The Hall–Kier alpha value is -2.14. The smallest absolute Gasteiger partial charge is 0.244 e.